The molecule has 2 unspecified atom stereocenters. The second-order valence-electron chi connectivity index (χ2n) is 5.03. The number of hydrogen-bond acceptors (Lipinski definition) is 4. The second-order valence-corrected chi connectivity index (χ2v) is 5.03. The summed E-state index contributed by atoms with van der Waals surface area (Å²) in [4.78, 5) is 12.0. The molecule has 2 atom stereocenters. The Labute approximate surface area is 112 Å². The van der Waals surface area contributed by atoms with Gasteiger partial charge in [-0.1, -0.05) is 0 Å². The van der Waals surface area contributed by atoms with Gasteiger partial charge in [-0.15, -0.1) is 0 Å². The van der Waals surface area contributed by atoms with Gasteiger partial charge < -0.3 is 20.9 Å². The molecule has 1 aliphatic rings. The highest BCUT2D eigenvalue weighted by molar-refractivity contribution is 5.97. The number of benzene rings is 1. The van der Waals surface area contributed by atoms with Crippen molar-refractivity contribution in [3.63, 3.8) is 0 Å². The number of aromatic hydroxyl groups is 1. The van der Waals surface area contributed by atoms with Crippen LogP contribution in [0.1, 0.15) is 29.6 Å². The van der Waals surface area contributed by atoms with Gasteiger partial charge in [0.05, 0.1) is 12.7 Å². The van der Waals surface area contributed by atoms with Gasteiger partial charge >= 0.3 is 0 Å². The molecular weight excluding hydrogens is 244 g/mol. The first-order valence-electron chi connectivity index (χ1n) is 6.51. The van der Waals surface area contributed by atoms with Crippen LogP contribution in [-0.2, 0) is 0 Å². The number of nitrogens with one attached hydrogen (secondary N) is 1. The second kappa shape index (κ2) is 5.93. The number of carbonyl (C=O) groups is 1. The molecule has 1 fully saturated rings. The molecule has 0 radical (unpaired) electrons. The van der Waals surface area contributed by atoms with Crippen LogP contribution >= 0.6 is 0 Å². The van der Waals surface area contributed by atoms with Crippen molar-refractivity contribution in [2.75, 3.05) is 13.7 Å². The Balaban J connectivity index is 1.92. The van der Waals surface area contributed by atoms with E-state index in [1.165, 1.54) is 13.2 Å². The number of methoxy groups -OCH3 is 1. The summed E-state index contributed by atoms with van der Waals surface area (Å²) in [5, 5.41) is 12.6. The van der Waals surface area contributed by atoms with Gasteiger partial charge in [-0.25, -0.2) is 0 Å². The van der Waals surface area contributed by atoms with Crippen LogP contribution in [0.3, 0.4) is 0 Å². The Morgan fingerprint density at radius 2 is 2.32 bits per heavy atom. The van der Waals surface area contributed by atoms with Crippen molar-refractivity contribution >= 4 is 5.91 Å². The number of nitrogens with two attached hydrogens (primary N) is 1. The summed E-state index contributed by atoms with van der Waals surface area (Å²) >= 11 is 0. The van der Waals surface area contributed by atoms with E-state index in [1.54, 1.807) is 12.1 Å². The molecule has 2 rings (SSSR count). The Morgan fingerprint density at radius 1 is 1.53 bits per heavy atom. The number of ether oxygens (including phenoxy) is 1. The number of hydrogen-bond donors (Lipinski definition) is 3. The first-order valence-corrected chi connectivity index (χ1v) is 6.51. The third-order valence-electron chi connectivity index (χ3n) is 3.58. The zero-order chi connectivity index (χ0) is 13.8. The SMILES string of the molecule is COc1ccc(C(=O)NCC2CCC(N)C2)c(O)c1. The average Bonchev–Trinajstić information content (AvgIpc) is 2.81. The summed E-state index contributed by atoms with van der Waals surface area (Å²) in [7, 11) is 1.51. The first-order chi connectivity index (χ1) is 9.10. The maximum absolute atomic E-state index is 12.0. The van der Waals surface area contributed by atoms with Crippen LogP contribution in [0.4, 0.5) is 0 Å². The maximum Gasteiger partial charge on any atom is 0.255 e. The predicted octanol–water partition coefficient (Wildman–Crippen LogP) is 1.26. The van der Waals surface area contributed by atoms with Crippen molar-refractivity contribution < 1.29 is 14.6 Å². The summed E-state index contributed by atoms with van der Waals surface area (Å²) in [5.74, 6) is 0.635. The normalized spacial score (nSPS) is 22.2. The number of phenols is 1. The lowest BCUT2D eigenvalue weighted by molar-refractivity contribution is 0.0944. The van der Waals surface area contributed by atoms with Crippen LogP contribution in [0, 0.1) is 5.92 Å². The summed E-state index contributed by atoms with van der Waals surface area (Å²) in [6, 6.07) is 4.90. The number of phenolic OH excluding ortho intramolecular Hbond substituents is 1. The minimum absolute atomic E-state index is 0.0695. The van der Waals surface area contributed by atoms with E-state index in [0.717, 1.165) is 19.3 Å². The minimum Gasteiger partial charge on any atom is -0.507 e. The Bertz CT molecular complexity index is 462. The predicted molar refractivity (Wildman–Crippen MR) is 72.3 cm³/mol. The molecule has 1 aromatic rings. The molecular formula is C14H20N2O3. The lowest BCUT2D eigenvalue weighted by Crippen LogP contribution is -2.29. The summed E-state index contributed by atoms with van der Waals surface area (Å²) < 4.78 is 4.98. The monoisotopic (exact) mass is 264 g/mol. The molecule has 1 aromatic carbocycles. The van der Waals surface area contributed by atoms with E-state index in [1.807, 2.05) is 0 Å². The highest BCUT2D eigenvalue weighted by Crippen LogP contribution is 2.25. The van der Waals surface area contributed by atoms with E-state index in [9.17, 15) is 9.90 Å². The molecule has 0 saturated heterocycles. The van der Waals surface area contributed by atoms with Gasteiger partial charge in [0, 0.05) is 18.7 Å². The molecule has 1 saturated carbocycles. The van der Waals surface area contributed by atoms with Crippen LogP contribution in [0.2, 0.25) is 0 Å². The van der Waals surface area contributed by atoms with Gasteiger partial charge in [-0.05, 0) is 37.3 Å². The molecule has 0 spiro atoms. The van der Waals surface area contributed by atoms with E-state index in [0.29, 0.717) is 18.2 Å². The van der Waals surface area contributed by atoms with Gasteiger partial charge in [0.1, 0.15) is 11.5 Å². The van der Waals surface area contributed by atoms with Crippen LogP contribution in [-0.4, -0.2) is 30.7 Å². The number of rotatable bonds is 4. The lowest BCUT2D eigenvalue weighted by Gasteiger charge is -2.12. The Morgan fingerprint density at radius 3 is 2.89 bits per heavy atom. The molecule has 0 aromatic heterocycles. The molecule has 0 heterocycles. The molecule has 0 bridgehead atoms. The highest BCUT2D eigenvalue weighted by Gasteiger charge is 2.22. The molecule has 5 nitrogen and oxygen atoms in total. The molecule has 19 heavy (non-hydrogen) atoms. The van der Waals surface area contributed by atoms with Gasteiger partial charge in [0.2, 0.25) is 0 Å². The topological polar surface area (TPSA) is 84.6 Å². The molecule has 5 heteroatoms. The molecule has 4 N–H and O–H groups in total. The minimum atomic E-state index is -0.263. The van der Waals surface area contributed by atoms with Crippen molar-refractivity contribution in [1.29, 1.82) is 0 Å². The van der Waals surface area contributed by atoms with Gasteiger partial charge in [-0.3, -0.25) is 4.79 Å². The molecule has 0 aliphatic heterocycles. The molecule has 1 amide bonds. The first kappa shape index (κ1) is 13.7. The number of carbonyl (C=O) groups excluding carboxylic acids is 1. The number of amides is 1. The fourth-order valence-electron chi connectivity index (χ4n) is 2.46. The third-order valence-corrected chi connectivity index (χ3v) is 3.58. The van der Waals surface area contributed by atoms with Gasteiger partial charge in [-0.2, -0.15) is 0 Å². The van der Waals surface area contributed by atoms with Crippen LogP contribution < -0.4 is 15.8 Å². The lowest BCUT2D eigenvalue weighted by atomic mass is 10.1. The molecule has 1 aliphatic carbocycles. The molecule has 104 valence electrons. The maximum atomic E-state index is 12.0. The largest absolute Gasteiger partial charge is 0.507 e. The zero-order valence-corrected chi connectivity index (χ0v) is 11.1. The van der Waals surface area contributed by atoms with Gasteiger partial charge in [0.25, 0.3) is 5.91 Å². The fourth-order valence-corrected chi connectivity index (χ4v) is 2.46. The van der Waals surface area contributed by atoms with Crippen LogP contribution in [0.15, 0.2) is 18.2 Å². The van der Waals surface area contributed by atoms with E-state index < -0.39 is 0 Å². The highest BCUT2D eigenvalue weighted by atomic mass is 16.5. The van der Waals surface area contributed by atoms with Crippen molar-refractivity contribution in [3.8, 4) is 11.5 Å². The van der Waals surface area contributed by atoms with Gasteiger partial charge in [0.15, 0.2) is 0 Å². The summed E-state index contributed by atoms with van der Waals surface area (Å²) in [6.45, 7) is 0.609. The van der Waals surface area contributed by atoms with Crippen molar-refractivity contribution in [1.82, 2.24) is 5.32 Å². The fraction of sp³-hybridized carbons (Fsp3) is 0.500. The average molecular weight is 264 g/mol. The van der Waals surface area contributed by atoms with Crippen molar-refractivity contribution in [2.24, 2.45) is 11.7 Å². The van der Waals surface area contributed by atoms with Crippen LogP contribution in [0.25, 0.3) is 0 Å². The summed E-state index contributed by atoms with van der Waals surface area (Å²) in [6.07, 6.45) is 3.03. The van der Waals surface area contributed by atoms with E-state index in [-0.39, 0.29) is 23.3 Å². The summed E-state index contributed by atoms with van der Waals surface area (Å²) in [5.41, 5.74) is 6.10. The van der Waals surface area contributed by atoms with Crippen molar-refractivity contribution in [3.05, 3.63) is 23.8 Å². The Hall–Kier alpha value is -1.75. The quantitative estimate of drug-likeness (QED) is 0.764. The standard InChI is InChI=1S/C14H20N2O3/c1-19-11-4-5-12(13(17)7-11)14(18)16-8-9-2-3-10(15)6-9/h4-5,7,9-10,17H,2-3,6,8,15H2,1H3,(H,16,18). The van der Waals surface area contributed by atoms with E-state index in [2.05, 4.69) is 5.32 Å². The zero-order valence-electron chi connectivity index (χ0n) is 11.1. The van der Waals surface area contributed by atoms with Crippen LogP contribution in [0.5, 0.6) is 11.5 Å². The van der Waals surface area contributed by atoms with Crippen molar-refractivity contribution in [2.45, 2.75) is 25.3 Å². The van der Waals surface area contributed by atoms with E-state index >= 15 is 0 Å². The van der Waals surface area contributed by atoms with E-state index in [4.69, 9.17) is 10.5 Å². The third kappa shape index (κ3) is 3.38. The Kier molecular flexibility index (Phi) is 4.27. The smallest absolute Gasteiger partial charge is 0.255 e.